The molecular formula is C14H30N2O2. The minimum absolute atomic E-state index is 0.237. The zero-order valence-electron chi connectivity index (χ0n) is 12.1. The molecule has 0 heterocycles. The Morgan fingerprint density at radius 2 is 2.00 bits per heavy atom. The molecule has 0 aliphatic heterocycles. The van der Waals surface area contributed by atoms with Crippen molar-refractivity contribution in [2.45, 2.75) is 32.6 Å². The van der Waals surface area contributed by atoms with Gasteiger partial charge >= 0.3 is 0 Å². The largest absolute Gasteiger partial charge is 0.395 e. The van der Waals surface area contributed by atoms with Crippen LogP contribution in [0.15, 0.2) is 0 Å². The summed E-state index contributed by atoms with van der Waals surface area (Å²) in [7, 11) is 1.74. The fraction of sp³-hybridized carbons (Fsp3) is 1.00. The first-order valence-electron chi connectivity index (χ1n) is 7.29. The lowest BCUT2D eigenvalue weighted by molar-refractivity contribution is 0.0907. The Morgan fingerprint density at radius 1 is 1.28 bits per heavy atom. The van der Waals surface area contributed by atoms with Crippen molar-refractivity contribution in [3.8, 4) is 0 Å². The topological polar surface area (TPSA) is 44.7 Å². The molecule has 0 unspecified atom stereocenters. The van der Waals surface area contributed by atoms with Crippen molar-refractivity contribution in [2.24, 2.45) is 5.41 Å². The number of ether oxygens (including phenoxy) is 1. The molecule has 2 N–H and O–H groups in total. The van der Waals surface area contributed by atoms with Gasteiger partial charge < -0.3 is 15.2 Å². The standard InChI is InChI=1S/C14H30N2O2/c1-3-15-12-14(6-4-5-7-14)13-16(8-10-17)9-11-18-2/h15,17H,3-13H2,1-2H3. The Hall–Kier alpha value is -0.160. The first-order chi connectivity index (χ1) is 8.76. The highest BCUT2D eigenvalue weighted by atomic mass is 16.5. The summed E-state index contributed by atoms with van der Waals surface area (Å²) in [5.74, 6) is 0. The van der Waals surface area contributed by atoms with Crippen LogP contribution in [-0.4, -0.2) is 63.1 Å². The first kappa shape index (κ1) is 15.9. The van der Waals surface area contributed by atoms with E-state index in [0.717, 1.165) is 39.3 Å². The normalized spacial score (nSPS) is 18.7. The molecule has 0 aromatic rings. The van der Waals surface area contributed by atoms with E-state index >= 15 is 0 Å². The third kappa shape index (κ3) is 5.22. The molecule has 1 rings (SSSR count). The summed E-state index contributed by atoms with van der Waals surface area (Å²) < 4.78 is 5.16. The molecule has 0 radical (unpaired) electrons. The van der Waals surface area contributed by atoms with Crippen molar-refractivity contribution >= 4 is 0 Å². The molecule has 0 aromatic heterocycles. The van der Waals surface area contributed by atoms with Crippen LogP contribution in [-0.2, 0) is 4.74 Å². The summed E-state index contributed by atoms with van der Waals surface area (Å²) in [6.45, 7) is 8.07. The summed E-state index contributed by atoms with van der Waals surface area (Å²) in [6.07, 6.45) is 5.33. The van der Waals surface area contributed by atoms with E-state index in [-0.39, 0.29) is 6.61 Å². The van der Waals surface area contributed by atoms with Gasteiger partial charge in [0.25, 0.3) is 0 Å². The lowest BCUT2D eigenvalue weighted by Crippen LogP contribution is -2.44. The predicted molar refractivity (Wildman–Crippen MR) is 74.8 cm³/mol. The summed E-state index contributed by atoms with van der Waals surface area (Å²) in [5.41, 5.74) is 0.416. The second-order valence-electron chi connectivity index (χ2n) is 5.48. The van der Waals surface area contributed by atoms with Gasteiger partial charge in [0.15, 0.2) is 0 Å². The molecule has 4 heteroatoms. The van der Waals surface area contributed by atoms with Gasteiger partial charge in [-0.25, -0.2) is 0 Å². The quantitative estimate of drug-likeness (QED) is 0.616. The first-order valence-corrected chi connectivity index (χ1v) is 7.29. The molecule has 1 fully saturated rings. The van der Waals surface area contributed by atoms with E-state index in [0.29, 0.717) is 5.41 Å². The van der Waals surface area contributed by atoms with Gasteiger partial charge in [-0.2, -0.15) is 0 Å². The summed E-state index contributed by atoms with van der Waals surface area (Å²) >= 11 is 0. The van der Waals surface area contributed by atoms with Crippen LogP contribution >= 0.6 is 0 Å². The second-order valence-corrected chi connectivity index (χ2v) is 5.48. The van der Waals surface area contributed by atoms with E-state index in [4.69, 9.17) is 4.74 Å². The maximum Gasteiger partial charge on any atom is 0.0589 e. The van der Waals surface area contributed by atoms with Gasteiger partial charge in [0.1, 0.15) is 0 Å². The molecule has 1 aliphatic carbocycles. The molecule has 0 spiro atoms. The van der Waals surface area contributed by atoms with Crippen molar-refractivity contribution in [1.82, 2.24) is 10.2 Å². The SMILES string of the molecule is CCNCC1(CN(CCO)CCOC)CCCC1. The molecule has 0 amide bonds. The van der Waals surface area contributed by atoms with E-state index in [1.54, 1.807) is 7.11 Å². The highest BCUT2D eigenvalue weighted by molar-refractivity contribution is 4.89. The van der Waals surface area contributed by atoms with Crippen LogP contribution in [0.3, 0.4) is 0 Å². The highest BCUT2D eigenvalue weighted by Crippen LogP contribution is 2.38. The zero-order valence-corrected chi connectivity index (χ0v) is 12.1. The van der Waals surface area contributed by atoms with E-state index in [1.807, 2.05) is 0 Å². The van der Waals surface area contributed by atoms with Crippen LogP contribution < -0.4 is 5.32 Å². The monoisotopic (exact) mass is 258 g/mol. The number of hydrogen-bond donors (Lipinski definition) is 2. The van der Waals surface area contributed by atoms with Crippen molar-refractivity contribution in [3.05, 3.63) is 0 Å². The van der Waals surface area contributed by atoms with Gasteiger partial charge in [-0.05, 0) is 24.8 Å². The number of rotatable bonds is 10. The molecule has 0 atom stereocenters. The minimum atomic E-state index is 0.237. The predicted octanol–water partition coefficient (Wildman–Crippen LogP) is 1.10. The summed E-state index contributed by atoms with van der Waals surface area (Å²) in [5, 5.41) is 12.7. The molecular weight excluding hydrogens is 228 g/mol. The number of aliphatic hydroxyl groups is 1. The lowest BCUT2D eigenvalue weighted by atomic mass is 9.85. The average Bonchev–Trinajstić information content (AvgIpc) is 2.83. The van der Waals surface area contributed by atoms with Crippen molar-refractivity contribution < 1.29 is 9.84 Å². The number of hydrogen-bond acceptors (Lipinski definition) is 4. The Balaban J connectivity index is 2.49. The van der Waals surface area contributed by atoms with E-state index < -0.39 is 0 Å². The molecule has 18 heavy (non-hydrogen) atoms. The summed E-state index contributed by atoms with van der Waals surface area (Å²) in [6, 6.07) is 0. The van der Waals surface area contributed by atoms with Crippen LogP contribution in [0.1, 0.15) is 32.6 Å². The van der Waals surface area contributed by atoms with Crippen molar-refractivity contribution in [1.29, 1.82) is 0 Å². The Kier molecular flexibility index (Phi) is 7.82. The fourth-order valence-corrected chi connectivity index (χ4v) is 3.01. The van der Waals surface area contributed by atoms with E-state index in [2.05, 4.69) is 17.1 Å². The zero-order chi connectivity index (χ0) is 13.3. The van der Waals surface area contributed by atoms with Gasteiger partial charge in [-0.3, -0.25) is 4.90 Å². The van der Waals surface area contributed by atoms with Crippen LogP contribution in [0.5, 0.6) is 0 Å². The van der Waals surface area contributed by atoms with Crippen LogP contribution in [0, 0.1) is 5.41 Å². The van der Waals surface area contributed by atoms with Crippen LogP contribution in [0.25, 0.3) is 0 Å². The number of aliphatic hydroxyl groups excluding tert-OH is 1. The number of nitrogens with one attached hydrogen (secondary N) is 1. The Labute approximate surface area is 112 Å². The third-order valence-corrected chi connectivity index (χ3v) is 4.00. The second kappa shape index (κ2) is 8.86. The van der Waals surface area contributed by atoms with Crippen molar-refractivity contribution in [3.63, 3.8) is 0 Å². The maximum atomic E-state index is 9.17. The molecule has 0 aromatic carbocycles. The lowest BCUT2D eigenvalue weighted by Gasteiger charge is -2.35. The molecule has 0 bridgehead atoms. The molecule has 1 saturated carbocycles. The van der Waals surface area contributed by atoms with Gasteiger partial charge in [0, 0.05) is 33.3 Å². The smallest absolute Gasteiger partial charge is 0.0589 e. The number of methoxy groups -OCH3 is 1. The fourth-order valence-electron chi connectivity index (χ4n) is 3.01. The van der Waals surface area contributed by atoms with E-state index in [1.165, 1.54) is 25.7 Å². The maximum absolute atomic E-state index is 9.17. The Morgan fingerprint density at radius 3 is 2.56 bits per heavy atom. The molecule has 0 saturated heterocycles. The van der Waals surface area contributed by atoms with Gasteiger partial charge in [0.2, 0.25) is 0 Å². The van der Waals surface area contributed by atoms with Gasteiger partial charge in [0.05, 0.1) is 13.2 Å². The molecule has 108 valence electrons. The third-order valence-electron chi connectivity index (χ3n) is 4.00. The van der Waals surface area contributed by atoms with Crippen LogP contribution in [0.2, 0.25) is 0 Å². The molecule has 4 nitrogen and oxygen atoms in total. The summed E-state index contributed by atoms with van der Waals surface area (Å²) in [4.78, 5) is 2.35. The molecule has 1 aliphatic rings. The van der Waals surface area contributed by atoms with Crippen molar-refractivity contribution in [2.75, 3.05) is 53.0 Å². The van der Waals surface area contributed by atoms with Crippen LogP contribution in [0.4, 0.5) is 0 Å². The van der Waals surface area contributed by atoms with Gasteiger partial charge in [-0.1, -0.05) is 19.8 Å². The van der Waals surface area contributed by atoms with E-state index in [9.17, 15) is 5.11 Å². The number of nitrogens with zero attached hydrogens (tertiary/aromatic N) is 1. The highest BCUT2D eigenvalue weighted by Gasteiger charge is 2.34. The Bertz CT molecular complexity index is 206. The minimum Gasteiger partial charge on any atom is -0.395 e. The van der Waals surface area contributed by atoms with Gasteiger partial charge in [-0.15, -0.1) is 0 Å². The average molecular weight is 258 g/mol.